The van der Waals surface area contributed by atoms with Crippen LogP contribution in [0.5, 0.6) is 0 Å². The van der Waals surface area contributed by atoms with E-state index in [1.165, 1.54) is 25.7 Å². The molecule has 0 amide bonds. The highest BCUT2D eigenvalue weighted by Crippen LogP contribution is 2.28. The minimum absolute atomic E-state index is 0.256. The van der Waals surface area contributed by atoms with Gasteiger partial charge in [0.1, 0.15) is 0 Å². The lowest BCUT2D eigenvalue weighted by Gasteiger charge is -2.41. The van der Waals surface area contributed by atoms with Crippen LogP contribution in [-0.4, -0.2) is 41.8 Å². The van der Waals surface area contributed by atoms with Gasteiger partial charge in [0, 0.05) is 18.6 Å². The summed E-state index contributed by atoms with van der Waals surface area (Å²) in [6.07, 6.45) is 5.15. The predicted octanol–water partition coefficient (Wildman–Crippen LogP) is 1.21. The average molecular weight is 214 g/mol. The number of aliphatic hydroxyl groups is 1. The first kappa shape index (κ1) is 12.9. The van der Waals surface area contributed by atoms with Crippen LogP contribution in [0.3, 0.4) is 0 Å². The summed E-state index contributed by atoms with van der Waals surface area (Å²) in [6.45, 7) is 6.25. The van der Waals surface area contributed by atoms with Crippen LogP contribution in [0, 0.1) is 5.92 Å². The molecule has 3 N–H and O–H groups in total. The van der Waals surface area contributed by atoms with Crippen LogP contribution in [0.15, 0.2) is 0 Å². The number of rotatable bonds is 5. The minimum Gasteiger partial charge on any atom is -0.395 e. The molecule has 0 radical (unpaired) electrons. The van der Waals surface area contributed by atoms with Crippen LogP contribution in [0.1, 0.15) is 39.5 Å². The molecular weight excluding hydrogens is 188 g/mol. The summed E-state index contributed by atoms with van der Waals surface area (Å²) in [7, 11) is 0. The maximum absolute atomic E-state index is 9.10. The van der Waals surface area contributed by atoms with Crippen molar-refractivity contribution in [2.45, 2.75) is 51.6 Å². The van der Waals surface area contributed by atoms with Gasteiger partial charge >= 0.3 is 0 Å². The third kappa shape index (κ3) is 3.44. The SMILES string of the molecule is CC(C)N(CCO)C1CCCCC1CN. The molecule has 3 nitrogen and oxygen atoms in total. The first-order valence-corrected chi connectivity index (χ1v) is 6.27. The van der Waals surface area contributed by atoms with Crippen LogP contribution in [0.2, 0.25) is 0 Å². The van der Waals surface area contributed by atoms with Crippen LogP contribution in [-0.2, 0) is 0 Å². The normalized spacial score (nSPS) is 27.6. The Hall–Kier alpha value is -0.120. The monoisotopic (exact) mass is 214 g/mol. The van der Waals surface area contributed by atoms with Crippen molar-refractivity contribution in [3.63, 3.8) is 0 Å². The summed E-state index contributed by atoms with van der Waals surface area (Å²) < 4.78 is 0. The standard InChI is InChI=1S/C12H26N2O/c1-10(2)14(7-8-15)12-6-4-3-5-11(12)9-13/h10-12,15H,3-9,13H2,1-2H3. The number of hydrogen-bond acceptors (Lipinski definition) is 3. The molecule has 0 saturated heterocycles. The molecule has 1 rings (SSSR count). The zero-order valence-corrected chi connectivity index (χ0v) is 10.2. The molecule has 1 aliphatic rings. The van der Waals surface area contributed by atoms with E-state index in [1.54, 1.807) is 0 Å². The molecule has 2 unspecified atom stereocenters. The first-order valence-electron chi connectivity index (χ1n) is 6.27. The maximum Gasteiger partial charge on any atom is 0.0558 e. The van der Waals surface area contributed by atoms with Crippen molar-refractivity contribution in [3.05, 3.63) is 0 Å². The Morgan fingerprint density at radius 2 is 2.00 bits per heavy atom. The number of nitrogens with two attached hydrogens (primary N) is 1. The number of hydrogen-bond donors (Lipinski definition) is 2. The molecule has 2 atom stereocenters. The lowest BCUT2D eigenvalue weighted by atomic mass is 9.83. The van der Waals surface area contributed by atoms with Gasteiger partial charge in [-0.2, -0.15) is 0 Å². The van der Waals surface area contributed by atoms with Gasteiger partial charge < -0.3 is 10.8 Å². The van der Waals surface area contributed by atoms with Gasteiger partial charge in [0.15, 0.2) is 0 Å². The molecule has 0 aromatic carbocycles. The molecule has 15 heavy (non-hydrogen) atoms. The molecule has 0 aromatic rings. The summed E-state index contributed by atoms with van der Waals surface area (Å²) in [4.78, 5) is 2.43. The average Bonchev–Trinajstić information content (AvgIpc) is 2.25. The third-order valence-electron chi connectivity index (χ3n) is 3.62. The fourth-order valence-corrected chi connectivity index (χ4v) is 2.82. The molecular formula is C12H26N2O. The van der Waals surface area contributed by atoms with E-state index in [2.05, 4.69) is 18.7 Å². The Labute approximate surface area is 93.6 Å². The predicted molar refractivity (Wildman–Crippen MR) is 63.7 cm³/mol. The first-order chi connectivity index (χ1) is 7.20. The zero-order chi connectivity index (χ0) is 11.3. The topological polar surface area (TPSA) is 49.5 Å². The fourth-order valence-electron chi connectivity index (χ4n) is 2.82. The molecule has 1 saturated carbocycles. The van der Waals surface area contributed by atoms with Crippen molar-refractivity contribution >= 4 is 0 Å². The highest BCUT2D eigenvalue weighted by Gasteiger charge is 2.30. The van der Waals surface area contributed by atoms with Gasteiger partial charge in [-0.25, -0.2) is 0 Å². The Morgan fingerprint density at radius 1 is 1.33 bits per heavy atom. The van der Waals surface area contributed by atoms with Gasteiger partial charge in [0.25, 0.3) is 0 Å². The van der Waals surface area contributed by atoms with Crippen LogP contribution < -0.4 is 5.73 Å². The Balaban J connectivity index is 2.61. The molecule has 90 valence electrons. The summed E-state index contributed by atoms with van der Waals surface area (Å²) in [5.41, 5.74) is 5.84. The molecule has 0 heterocycles. The highest BCUT2D eigenvalue weighted by atomic mass is 16.3. The van der Waals surface area contributed by atoms with Crippen molar-refractivity contribution in [1.29, 1.82) is 0 Å². The van der Waals surface area contributed by atoms with Gasteiger partial charge in [-0.3, -0.25) is 4.90 Å². The number of aliphatic hydroxyl groups excluding tert-OH is 1. The van der Waals surface area contributed by atoms with E-state index in [0.717, 1.165) is 13.1 Å². The summed E-state index contributed by atoms with van der Waals surface area (Å²) in [5.74, 6) is 0.632. The quantitative estimate of drug-likeness (QED) is 0.723. The maximum atomic E-state index is 9.10. The van der Waals surface area contributed by atoms with Gasteiger partial charge in [0.05, 0.1) is 6.61 Å². The summed E-state index contributed by atoms with van der Waals surface area (Å²) in [6, 6.07) is 1.10. The van der Waals surface area contributed by atoms with Crippen molar-refractivity contribution in [2.24, 2.45) is 11.7 Å². The Morgan fingerprint density at radius 3 is 2.53 bits per heavy atom. The van der Waals surface area contributed by atoms with Crippen molar-refractivity contribution in [2.75, 3.05) is 19.7 Å². The van der Waals surface area contributed by atoms with E-state index in [-0.39, 0.29) is 6.61 Å². The van der Waals surface area contributed by atoms with Crippen molar-refractivity contribution in [1.82, 2.24) is 4.90 Å². The highest BCUT2D eigenvalue weighted by molar-refractivity contribution is 4.85. The minimum atomic E-state index is 0.256. The lowest BCUT2D eigenvalue weighted by Crippen LogP contribution is -2.49. The Bertz CT molecular complexity index is 173. The third-order valence-corrected chi connectivity index (χ3v) is 3.62. The van der Waals surface area contributed by atoms with Crippen molar-refractivity contribution in [3.8, 4) is 0 Å². The smallest absolute Gasteiger partial charge is 0.0558 e. The fraction of sp³-hybridized carbons (Fsp3) is 1.00. The van der Waals surface area contributed by atoms with Crippen molar-refractivity contribution < 1.29 is 5.11 Å². The molecule has 0 bridgehead atoms. The second-order valence-electron chi connectivity index (χ2n) is 4.90. The molecule has 0 aliphatic heterocycles. The van der Waals surface area contributed by atoms with Gasteiger partial charge in [0.2, 0.25) is 0 Å². The Kier molecular flexibility index (Phi) is 5.58. The number of nitrogens with zero attached hydrogens (tertiary/aromatic N) is 1. The van der Waals surface area contributed by atoms with E-state index in [4.69, 9.17) is 10.8 Å². The van der Waals surface area contributed by atoms with E-state index in [1.807, 2.05) is 0 Å². The largest absolute Gasteiger partial charge is 0.395 e. The van der Waals surface area contributed by atoms with E-state index in [0.29, 0.717) is 18.0 Å². The second-order valence-corrected chi connectivity index (χ2v) is 4.90. The van der Waals surface area contributed by atoms with Gasteiger partial charge in [-0.05, 0) is 39.2 Å². The molecule has 0 spiro atoms. The van der Waals surface area contributed by atoms with E-state index >= 15 is 0 Å². The van der Waals surface area contributed by atoms with Crippen LogP contribution in [0.4, 0.5) is 0 Å². The zero-order valence-electron chi connectivity index (χ0n) is 10.2. The van der Waals surface area contributed by atoms with Gasteiger partial charge in [-0.15, -0.1) is 0 Å². The summed E-state index contributed by atoms with van der Waals surface area (Å²) >= 11 is 0. The van der Waals surface area contributed by atoms with Crippen LogP contribution >= 0.6 is 0 Å². The van der Waals surface area contributed by atoms with Crippen LogP contribution in [0.25, 0.3) is 0 Å². The summed E-state index contributed by atoms with van der Waals surface area (Å²) in [5, 5.41) is 9.10. The lowest BCUT2D eigenvalue weighted by molar-refractivity contribution is 0.0609. The molecule has 1 aliphatic carbocycles. The molecule has 3 heteroatoms. The van der Waals surface area contributed by atoms with E-state index in [9.17, 15) is 0 Å². The molecule has 1 fully saturated rings. The second kappa shape index (κ2) is 6.46. The van der Waals surface area contributed by atoms with E-state index < -0.39 is 0 Å². The van der Waals surface area contributed by atoms with Gasteiger partial charge in [-0.1, -0.05) is 12.8 Å². The molecule has 0 aromatic heterocycles.